The Kier molecular flexibility index (Phi) is 3.23. The first-order valence-corrected chi connectivity index (χ1v) is 7.58. The Morgan fingerprint density at radius 3 is 2.55 bits per heavy atom. The van der Waals surface area contributed by atoms with Crippen LogP contribution in [0.25, 0.3) is 16.9 Å². The van der Waals surface area contributed by atoms with Crippen molar-refractivity contribution in [3.63, 3.8) is 0 Å². The number of imidazole rings is 1. The number of hydrogen-bond donors (Lipinski definition) is 0. The molecule has 0 amide bonds. The molecule has 4 nitrogen and oxygen atoms in total. The van der Waals surface area contributed by atoms with Gasteiger partial charge in [-0.25, -0.2) is 0 Å². The van der Waals surface area contributed by atoms with Gasteiger partial charge in [-0.3, -0.25) is 0 Å². The van der Waals surface area contributed by atoms with Gasteiger partial charge in [0.15, 0.2) is 0 Å². The van der Waals surface area contributed by atoms with Crippen LogP contribution in [-0.4, -0.2) is 24.3 Å². The molecule has 0 aliphatic rings. The Hall–Kier alpha value is -2.59. The van der Waals surface area contributed by atoms with Crippen molar-refractivity contribution >= 4 is 25.2 Å². The molecule has 2 aromatic heterocycles. The summed E-state index contributed by atoms with van der Waals surface area (Å²) in [5, 5.41) is 17.9. The average Bonchev–Trinajstić information content (AvgIpc) is 2.87. The van der Waals surface area contributed by atoms with Crippen molar-refractivity contribution < 1.29 is 0 Å². The van der Waals surface area contributed by atoms with Crippen LogP contribution in [0, 0.1) is 21.6 Å². The number of fused-ring (bicyclic) bond motifs is 1. The predicted molar refractivity (Wildman–Crippen MR) is 76.3 cm³/mol. The van der Waals surface area contributed by atoms with Gasteiger partial charge in [-0.2, -0.15) is 0 Å². The van der Waals surface area contributed by atoms with Gasteiger partial charge in [0.1, 0.15) is 0 Å². The van der Waals surface area contributed by atoms with Crippen LogP contribution in [0.5, 0.6) is 0 Å². The molecule has 0 unspecified atom stereocenters. The number of aromatic nitrogens is 2. The zero-order valence-corrected chi connectivity index (χ0v) is 12.0. The molecule has 20 heavy (non-hydrogen) atoms. The van der Waals surface area contributed by atoms with E-state index in [0.717, 1.165) is 21.5 Å². The molecule has 94 valence electrons. The van der Waals surface area contributed by atoms with Gasteiger partial charge in [-0.15, -0.1) is 0 Å². The van der Waals surface area contributed by atoms with Crippen LogP contribution in [0.15, 0.2) is 48.7 Å². The summed E-state index contributed by atoms with van der Waals surface area (Å²) < 4.78 is 2.89. The zero-order chi connectivity index (χ0) is 13.9. The van der Waals surface area contributed by atoms with Crippen molar-refractivity contribution in [3.8, 4) is 22.3 Å². The molecule has 5 heteroatoms. The summed E-state index contributed by atoms with van der Waals surface area (Å²) in [6.45, 7) is 0. The van der Waals surface area contributed by atoms with E-state index in [0.29, 0.717) is 5.56 Å². The van der Waals surface area contributed by atoms with Gasteiger partial charge in [0.2, 0.25) is 0 Å². The minimum atomic E-state index is -0.302. The van der Waals surface area contributed by atoms with Crippen LogP contribution < -0.4 is 4.59 Å². The van der Waals surface area contributed by atoms with Crippen molar-refractivity contribution in [2.75, 3.05) is 0 Å². The molecule has 3 aromatic rings. The maximum absolute atomic E-state index is 9.04. The second-order valence-electron chi connectivity index (χ2n) is 4.08. The molecule has 0 N–H and O–H groups in total. The molecule has 0 aliphatic heterocycles. The Labute approximate surface area is 122 Å². The standard InChI is InChI=1S/C15H8N4Se/c16-9-11-4-6-12(7-5-11)14-15(20-10-17)19-8-2-1-3-13(19)18-14/h1-8H. The fourth-order valence-electron chi connectivity index (χ4n) is 2.00. The number of benzene rings is 1. The van der Waals surface area contributed by atoms with E-state index in [-0.39, 0.29) is 15.0 Å². The van der Waals surface area contributed by atoms with E-state index in [1.807, 2.05) is 40.9 Å². The van der Waals surface area contributed by atoms with E-state index in [2.05, 4.69) is 16.0 Å². The van der Waals surface area contributed by atoms with E-state index in [1.54, 1.807) is 12.1 Å². The first-order chi connectivity index (χ1) is 9.83. The number of nitriles is 2. The van der Waals surface area contributed by atoms with E-state index >= 15 is 0 Å². The molecular weight excluding hydrogens is 315 g/mol. The van der Waals surface area contributed by atoms with Gasteiger partial charge in [0, 0.05) is 0 Å². The van der Waals surface area contributed by atoms with Crippen LogP contribution in [-0.2, 0) is 0 Å². The fraction of sp³-hybridized carbons (Fsp3) is 0. The molecule has 0 atom stereocenters. The summed E-state index contributed by atoms with van der Waals surface area (Å²) in [5.74, 6) is 0. The number of rotatable bonds is 2. The second-order valence-corrected chi connectivity index (χ2v) is 5.70. The van der Waals surface area contributed by atoms with E-state index in [9.17, 15) is 0 Å². The monoisotopic (exact) mass is 324 g/mol. The van der Waals surface area contributed by atoms with Crippen LogP contribution in [0.3, 0.4) is 0 Å². The summed E-state index contributed by atoms with van der Waals surface area (Å²) >= 11 is -0.302. The quantitative estimate of drug-likeness (QED) is 0.674. The number of pyridine rings is 1. The summed E-state index contributed by atoms with van der Waals surface area (Å²) in [6.07, 6.45) is 1.92. The van der Waals surface area contributed by atoms with Crippen LogP contribution in [0.4, 0.5) is 0 Å². The minimum absolute atomic E-state index is 0.302. The van der Waals surface area contributed by atoms with Gasteiger partial charge in [-0.1, -0.05) is 0 Å². The Bertz CT molecular complexity index is 850. The molecule has 0 fully saturated rings. The number of hydrogen-bond acceptors (Lipinski definition) is 3. The molecule has 1 aromatic carbocycles. The number of nitrogens with zero attached hydrogens (tertiary/aromatic N) is 4. The van der Waals surface area contributed by atoms with Gasteiger partial charge in [0.25, 0.3) is 0 Å². The van der Waals surface area contributed by atoms with Crippen molar-refractivity contribution in [3.05, 3.63) is 54.2 Å². The molecule has 3 rings (SSSR count). The summed E-state index contributed by atoms with van der Waals surface area (Å²) in [7, 11) is 0. The second kappa shape index (κ2) is 5.19. The Balaban J connectivity index is 2.21. The molecule has 0 saturated heterocycles. The van der Waals surface area contributed by atoms with Gasteiger partial charge >= 0.3 is 122 Å². The molecule has 0 spiro atoms. The summed E-state index contributed by atoms with van der Waals surface area (Å²) in [5.41, 5.74) is 3.20. The molecule has 0 saturated carbocycles. The van der Waals surface area contributed by atoms with E-state index in [1.165, 1.54) is 0 Å². The molecule has 0 radical (unpaired) electrons. The predicted octanol–water partition coefficient (Wildman–Crippen LogP) is 1.68. The van der Waals surface area contributed by atoms with Gasteiger partial charge in [0.05, 0.1) is 0 Å². The summed E-state index contributed by atoms with van der Waals surface area (Å²) in [4.78, 5) is 6.85. The van der Waals surface area contributed by atoms with Crippen molar-refractivity contribution in [1.82, 2.24) is 9.38 Å². The summed E-state index contributed by atoms with van der Waals surface area (Å²) in [6, 6.07) is 15.1. The normalized spacial score (nSPS) is 10.1. The average molecular weight is 323 g/mol. The van der Waals surface area contributed by atoms with Crippen molar-refractivity contribution in [1.29, 1.82) is 10.5 Å². The van der Waals surface area contributed by atoms with E-state index in [4.69, 9.17) is 10.5 Å². The van der Waals surface area contributed by atoms with Crippen LogP contribution in [0.2, 0.25) is 0 Å². The molecule has 0 bridgehead atoms. The topological polar surface area (TPSA) is 64.9 Å². The van der Waals surface area contributed by atoms with Crippen molar-refractivity contribution in [2.45, 2.75) is 0 Å². The van der Waals surface area contributed by atoms with Crippen LogP contribution >= 0.6 is 0 Å². The first-order valence-electron chi connectivity index (χ1n) is 5.87. The Morgan fingerprint density at radius 2 is 1.85 bits per heavy atom. The third-order valence-corrected chi connectivity index (χ3v) is 4.33. The van der Waals surface area contributed by atoms with Gasteiger partial charge in [-0.05, 0) is 0 Å². The first kappa shape index (κ1) is 12.4. The van der Waals surface area contributed by atoms with Gasteiger partial charge < -0.3 is 0 Å². The fourth-order valence-corrected chi connectivity index (χ4v) is 3.26. The maximum atomic E-state index is 9.04. The third-order valence-electron chi connectivity index (χ3n) is 2.92. The SMILES string of the molecule is N#C[Se]c1c(-c2ccc(C#N)cc2)nc2ccccn12. The van der Waals surface area contributed by atoms with E-state index < -0.39 is 0 Å². The zero-order valence-electron chi connectivity index (χ0n) is 10.3. The Morgan fingerprint density at radius 1 is 1.05 bits per heavy atom. The molecule has 0 aliphatic carbocycles. The van der Waals surface area contributed by atoms with Crippen molar-refractivity contribution in [2.24, 2.45) is 0 Å². The van der Waals surface area contributed by atoms with Crippen LogP contribution in [0.1, 0.15) is 5.56 Å². The third kappa shape index (κ3) is 2.06. The molecular formula is C15H8N4Se. The molecule has 2 heterocycles.